The SMILES string of the molecule is CCc1ccc(C(=O)NCc2ccccc2COC(C)C)cc1. The number of carbonyl (C=O) groups excluding carboxylic acids is 1. The summed E-state index contributed by atoms with van der Waals surface area (Å²) in [6.07, 6.45) is 1.17. The third-order valence-electron chi connectivity index (χ3n) is 3.75. The number of hydrogen-bond donors (Lipinski definition) is 1. The summed E-state index contributed by atoms with van der Waals surface area (Å²) in [6.45, 7) is 7.21. The molecule has 0 fully saturated rings. The predicted octanol–water partition coefficient (Wildman–Crippen LogP) is 4.10. The summed E-state index contributed by atoms with van der Waals surface area (Å²) in [7, 11) is 0. The van der Waals surface area contributed by atoms with Crippen molar-refractivity contribution in [3.05, 3.63) is 70.8 Å². The van der Waals surface area contributed by atoms with E-state index in [1.807, 2.05) is 62.4 Å². The molecule has 0 spiro atoms. The van der Waals surface area contributed by atoms with Crippen molar-refractivity contribution in [3.63, 3.8) is 0 Å². The summed E-state index contributed by atoms with van der Waals surface area (Å²) < 4.78 is 5.67. The lowest BCUT2D eigenvalue weighted by Crippen LogP contribution is -2.23. The Labute approximate surface area is 138 Å². The topological polar surface area (TPSA) is 38.3 Å². The van der Waals surface area contributed by atoms with Crippen LogP contribution in [0.5, 0.6) is 0 Å². The van der Waals surface area contributed by atoms with Crippen LogP contribution >= 0.6 is 0 Å². The van der Waals surface area contributed by atoms with Crippen LogP contribution in [-0.4, -0.2) is 12.0 Å². The van der Waals surface area contributed by atoms with Crippen molar-refractivity contribution in [3.8, 4) is 0 Å². The van der Waals surface area contributed by atoms with Gasteiger partial charge in [-0.15, -0.1) is 0 Å². The zero-order valence-corrected chi connectivity index (χ0v) is 14.1. The monoisotopic (exact) mass is 311 g/mol. The summed E-state index contributed by atoms with van der Waals surface area (Å²) in [5.41, 5.74) is 4.13. The Bertz CT molecular complexity index is 632. The Kier molecular flexibility index (Phi) is 6.36. The molecule has 3 heteroatoms. The molecule has 0 aliphatic heterocycles. The molecule has 0 heterocycles. The summed E-state index contributed by atoms with van der Waals surface area (Å²) in [6, 6.07) is 15.8. The zero-order valence-electron chi connectivity index (χ0n) is 14.1. The van der Waals surface area contributed by atoms with Gasteiger partial charge < -0.3 is 10.1 Å². The van der Waals surface area contributed by atoms with Crippen LogP contribution < -0.4 is 5.32 Å². The molecule has 0 unspecified atom stereocenters. The molecule has 2 aromatic rings. The average Bonchev–Trinajstić information content (AvgIpc) is 2.58. The number of benzene rings is 2. The summed E-state index contributed by atoms with van der Waals surface area (Å²) in [5.74, 6) is -0.0489. The number of rotatable bonds is 7. The second-order valence-electron chi connectivity index (χ2n) is 5.86. The van der Waals surface area contributed by atoms with Crippen molar-refractivity contribution in [2.24, 2.45) is 0 Å². The number of amides is 1. The molecule has 1 N–H and O–H groups in total. The van der Waals surface area contributed by atoms with E-state index in [1.54, 1.807) is 0 Å². The first-order chi connectivity index (χ1) is 11.1. The lowest BCUT2D eigenvalue weighted by Gasteiger charge is -2.13. The lowest BCUT2D eigenvalue weighted by molar-refractivity contribution is 0.0651. The fraction of sp³-hybridized carbons (Fsp3) is 0.350. The van der Waals surface area contributed by atoms with Crippen molar-refractivity contribution in [2.45, 2.75) is 46.4 Å². The van der Waals surface area contributed by atoms with Crippen molar-refractivity contribution < 1.29 is 9.53 Å². The molecule has 0 radical (unpaired) electrons. The van der Waals surface area contributed by atoms with E-state index < -0.39 is 0 Å². The molecule has 0 bridgehead atoms. The first-order valence-electron chi connectivity index (χ1n) is 8.15. The van der Waals surface area contributed by atoms with Gasteiger partial charge >= 0.3 is 0 Å². The minimum atomic E-state index is -0.0489. The molecular formula is C20H25NO2. The lowest BCUT2D eigenvalue weighted by atomic mass is 10.1. The van der Waals surface area contributed by atoms with Gasteiger partial charge in [-0.2, -0.15) is 0 Å². The van der Waals surface area contributed by atoms with E-state index in [2.05, 4.69) is 12.2 Å². The van der Waals surface area contributed by atoms with Crippen LogP contribution in [0.2, 0.25) is 0 Å². The van der Waals surface area contributed by atoms with Crippen LogP contribution in [0.25, 0.3) is 0 Å². The Morgan fingerprint density at radius 2 is 1.70 bits per heavy atom. The summed E-state index contributed by atoms with van der Waals surface area (Å²) >= 11 is 0. The minimum Gasteiger partial charge on any atom is -0.374 e. The van der Waals surface area contributed by atoms with Crippen LogP contribution in [0, 0.1) is 0 Å². The summed E-state index contributed by atoms with van der Waals surface area (Å²) in [4.78, 5) is 12.3. The average molecular weight is 311 g/mol. The van der Waals surface area contributed by atoms with Crippen molar-refractivity contribution >= 4 is 5.91 Å². The normalized spacial score (nSPS) is 10.8. The predicted molar refractivity (Wildman–Crippen MR) is 93.4 cm³/mol. The molecule has 2 aromatic carbocycles. The molecular weight excluding hydrogens is 286 g/mol. The molecule has 23 heavy (non-hydrogen) atoms. The highest BCUT2D eigenvalue weighted by atomic mass is 16.5. The molecule has 0 atom stereocenters. The standard InChI is InChI=1S/C20H25NO2/c1-4-16-9-11-17(12-10-16)20(22)21-13-18-7-5-6-8-19(18)14-23-15(2)3/h5-12,15H,4,13-14H2,1-3H3,(H,21,22). The maximum absolute atomic E-state index is 12.3. The zero-order chi connectivity index (χ0) is 16.7. The van der Waals surface area contributed by atoms with Gasteiger partial charge in [0.1, 0.15) is 0 Å². The molecule has 0 saturated carbocycles. The Morgan fingerprint density at radius 1 is 1.04 bits per heavy atom. The molecule has 122 valence electrons. The molecule has 3 nitrogen and oxygen atoms in total. The van der Waals surface area contributed by atoms with Crippen LogP contribution in [0.4, 0.5) is 0 Å². The largest absolute Gasteiger partial charge is 0.374 e. The number of carbonyl (C=O) groups is 1. The van der Waals surface area contributed by atoms with Gasteiger partial charge in [0, 0.05) is 12.1 Å². The van der Waals surface area contributed by atoms with Gasteiger partial charge in [0.15, 0.2) is 0 Å². The van der Waals surface area contributed by atoms with Gasteiger partial charge in [0.05, 0.1) is 12.7 Å². The van der Waals surface area contributed by atoms with Crippen molar-refractivity contribution in [1.82, 2.24) is 5.32 Å². The highest BCUT2D eigenvalue weighted by molar-refractivity contribution is 5.94. The van der Waals surface area contributed by atoms with Gasteiger partial charge in [-0.05, 0) is 49.1 Å². The molecule has 0 saturated heterocycles. The van der Waals surface area contributed by atoms with E-state index >= 15 is 0 Å². The second kappa shape index (κ2) is 8.49. The van der Waals surface area contributed by atoms with E-state index in [-0.39, 0.29) is 12.0 Å². The highest BCUT2D eigenvalue weighted by Gasteiger charge is 2.08. The third-order valence-corrected chi connectivity index (χ3v) is 3.75. The number of nitrogens with one attached hydrogen (secondary N) is 1. The maximum atomic E-state index is 12.3. The fourth-order valence-corrected chi connectivity index (χ4v) is 2.30. The molecule has 0 aliphatic rings. The van der Waals surface area contributed by atoms with Crippen LogP contribution in [0.1, 0.15) is 47.8 Å². The first kappa shape index (κ1) is 17.2. The van der Waals surface area contributed by atoms with E-state index in [0.717, 1.165) is 17.5 Å². The Hall–Kier alpha value is -2.13. The number of ether oxygens (including phenoxy) is 1. The van der Waals surface area contributed by atoms with Crippen molar-refractivity contribution in [2.75, 3.05) is 0 Å². The van der Waals surface area contributed by atoms with Gasteiger partial charge in [0.25, 0.3) is 5.91 Å². The van der Waals surface area contributed by atoms with Gasteiger partial charge in [-0.1, -0.05) is 43.3 Å². The maximum Gasteiger partial charge on any atom is 0.251 e. The Morgan fingerprint density at radius 3 is 2.30 bits per heavy atom. The van der Waals surface area contributed by atoms with E-state index in [9.17, 15) is 4.79 Å². The van der Waals surface area contributed by atoms with Gasteiger partial charge in [0.2, 0.25) is 0 Å². The van der Waals surface area contributed by atoms with Crippen LogP contribution in [-0.2, 0) is 24.3 Å². The fourth-order valence-electron chi connectivity index (χ4n) is 2.30. The molecule has 0 aromatic heterocycles. The number of aryl methyl sites for hydroxylation is 1. The van der Waals surface area contributed by atoms with Gasteiger partial charge in [-0.25, -0.2) is 0 Å². The molecule has 0 aliphatic carbocycles. The smallest absolute Gasteiger partial charge is 0.251 e. The first-order valence-corrected chi connectivity index (χ1v) is 8.15. The minimum absolute atomic E-state index is 0.0489. The van der Waals surface area contributed by atoms with E-state index in [0.29, 0.717) is 18.7 Å². The van der Waals surface area contributed by atoms with Crippen LogP contribution in [0.3, 0.4) is 0 Å². The quantitative estimate of drug-likeness (QED) is 0.836. The van der Waals surface area contributed by atoms with Crippen LogP contribution in [0.15, 0.2) is 48.5 Å². The summed E-state index contributed by atoms with van der Waals surface area (Å²) in [5, 5.41) is 2.99. The van der Waals surface area contributed by atoms with Crippen molar-refractivity contribution in [1.29, 1.82) is 0 Å². The Balaban J connectivity index is 1.98. The van der Waals surface area contributed by atoms with Gasteiger partial charge in [-0.3, -0.25) is 4.79 Å². The van der Waals surface area contributed by atoms with E-state index in [4.69, 9.17) is 4.74 Å². The third kappa shape index (κ3) is 5.22. The van der Waals surface area contributed by atoms with E-state index in [1.165, 1.54) is 5.56 Å². The highest BCUT2D eigenvalue weighted by Crippen LogP contribution is 2.12. The second-order valence-corrected chi connectivity index (χ2v) is 5.86. The molecule has 1 amide bonds. The number of hydrogen-bond acceptors (Lipinski definition) is 2. The molecule has 2 rings (SSSR count).